The Kier molecular flexibility index (Phi) is 3.77. The maximum absolute atomic E-state index is 12.5. The number of ether oxygens (including phenoxy) is 1. The Labute approximate surface area is 98.6 Å². The first-order valence-corrected chi connectivity index (χ1v) is 4.40. The van der Waals surface area contributed by atoms with E-state index in [9.17, 15) is 22.0 Å². The Hall–Kier alpha value is -2.28. The van der Waals surface area contributed by atoms with Crippen LogP contribution >= 0.6 is 0 Å². The summed E-state index contributed by atoms with van der Waals surface area (Å²) in [6.45, 7) is 0. The lowest BCUT2D eigenvalue weighted by molar-refractivity contribution is -0.360. The third-order valence-electron chi connectivity index (χ3n) is 1.69. The quantitative estimate of drug-likeness (QED) is 0.605. The van der Waals surface area contributed by atoms with Gasteiger partial charge >= 0.3 is 12.3 Å². The lowest BCUT2D eigenvalue weighted by atomic mass is 10.2. The fourth-order valence-electron chi connectivity index (χ4n) is 0.912. The molecule has 0 aliphatic heterocycles. The summed E-state index contributed by atoms with van der Waals surface area (Å²) in [5.41, 5.74) is 0.291. The lowest BCUT2D eigenvalue weighted by Crippen LogP contribution is -2.41. The first-order valence-electron chi connectivity index (χ1n) is 4.40. The molecule has 7 heteroatoms. The molecule has 0 aliphatic carbocycles. The summed E-state index contributed by atoms with van der Waals surface area (Å²) in [5, 5.41) is 8.15. The average molecular weight is 261 g/mol. The van der Waals surface area contributed by atoms with Crippen LogP contribution in [0, 0.1) is 23.2 Å². The van der Waals surface area contributed by atoms with E-state index in [0.717, 1.165) is 24.3 Å². The van der Waals surface area contributed by atoms with Crippen LogP contribution in [-0.2, 0) is 0 Å². The average Bonchev–Trinajstić information content (AvgIpc) is 2.26. The van der Waals surface area contributed by atoms with Crippen LogP contribution < -0.4 is 4.74 Å². The first kappa shape index (κ1) is 13.8. The first-order chi connectivity index (χ1) is 8.26. The molecular weight excluding hydrogens is 257 g/mol. The van der Waals surface area contributed by atoms with E-state index in [1.165, 1.54) is 6.07 Å². The van der Waals surface area contributed by atoms with Gasteiger partial charge in [0.1, 0.15) is 5.75 Å². The van der Waals surface area contributed by atoms with Crippen LogP contribution in [0.25, 0.3) is 0 Å². The zero-order valence-electron chi connectivity index (χ0n) is 8.55. The van der Waals surface area contributed by atoms with E-state index < -0.39 is 18.0 Å². The van der Waals surface area contributed by atoms with Gasteiger partial charge in [0.25, 0.3) is 0 Å². The minimum absolute atomic E-state index is 0.291. The van der Waals surface area contributed by atoms with Crippen molar-refractivity contribution < 1.29 is 26.7 Å². The Balaban J connectivity index is 2.85. The van der Waals surface area contributed by atoms with Gasteiger partial charge in [0.15, 0.2) is 6.07 Å². The van der Waals surface area contributed by atoms with Crippen LogP contribution in [0.4, 0.5) is 22.0 Å². The van der Waals surface area contributed by atoms with Crippen LogP contribution in [0.2, 0.25) is 0 Å². The second-order valence-electron chi connectivity index (χ2n) is 3.00. The van der Waals surface area contributed by atoms with Gasteiger partial charge in [-0.3, -0.25) is 0 Å². The van der Waals surface area contributed by atoms with Gasteiger partial charge in [-0.15, -0.1) is 0 Å². The molecule has 94 valence electrons. The molecule has 0 heterocycles. The number of hydrogen-bond donors (Lipinski definition) is 0. The molecule has 1 aromatic rings. The fraction of sp³-hybridized carbons (Fsp3) is 0.182. The predicted octanol–water partition coefficient (Wildman–Crippen LogP) is 3.10. The van der Waals surface area contributed by atoms with Gasteiger partial charge in [0.05, 0.1) is 0 Å². The second kappa shape index (κ2) is 4.92. The van der Waals surface area contributed by atoms with E-state index >= 15 is 0 Å². The smallest absolute Gasteiger partial charge is 0.426 e. The van der Waals surface area contributed by atoms with E-state index in [2.05, 4.69) is 10.7 Å². The third kappa shape index (κ3) is 3.36. The zero-order valence-corrected chi connectivity index (χ0v) is 8.55. The van der Waals surface area contributed by atoms with Gasteiger partial charge in [-0.2, -0.15) is 27.2 Å². The van der Waals surface area contributed by atoms with Crippen molar-refractivity contribution in [2.45, 2.75) is 12.3 Å². The highest BCUT2D eigenvalue weighted by atomic mass is 19.4. The number of hydrogen-bond acceptors (Lipinski definition) is 2. The van der Waals surface area contributed by atoms with Crippen LogP contribution in [-0.4, -0.2) is 12.3 Å². The van der Waals surface area contributed by atoms with Crippen LogP contribution in [0.15, 0.2) is 24.3 Å². The zero-order chi connectivity index (χ0) is 13.8. The van der Waals surface area contributed by atoms with Gasteiger partial charge in [-0.1, -0.05) is 5.92 Å². The molecule has 1 rings (SSSR count). The Morgan fingerprint density at radius 3 is 2.00 bits per heavy atom. The molecule has 18 heavy (non-hydrogen) atoms. The summed E-state index contributed by atoms with van der Waals surface area (Å²) in [6, 6.07) is 5.65. The van der Waals surface area contributed by atoms with Gasteiger partial charge in [0.2, 0.25) is 0 Å². The largest absolute Gasteiger partial charge is 0.499 e. The van der Waals surface area contributed by atoms with Crippen molar-refractivity contribution in [1.82, 2.24) is 0 Å². The molecule has 0 aliphatic rings. The van der Waals surface area contributed by atoms with Crippen LogP contribution in [0.1, 0.15) is 5.56 Å². The van der Waals surface area contributed by atoms with Crippen molar-refractivity contribution in [3.63, 3.8) is 0 Å². The van der Waals surface area contributed by atoms with Crippen molar-refractivity contribution in [2.75, 3.05) is 0 Å². The van der Waals surface area contributed by atoms with Gasteiger partial charge in [0, 0.05) is 11.5 Å². The third-order valence-corrected chi connectivity index (χ3v) is 1.69. The van der Waals surface area contributed by atoms with Crippen molar-refractivity contribution in [1.29, 1.82) is 5.26 Å². The molecule has 0 bridgehead atoms. The van der Waals surface area contributed by atoms with Crippen molar-refractivity contribution in [3.05, 3.63) is 29.8 Å². The second-order valence-corrected chi connectivity index (χ2v) is 3.00. The standard InChI is InChI=1S/C11H4F5NO/c12-10(13,14)11(15,16)18-9-5-3-8(4-6-9)2-1-7-17/h3-6H. The molecule has 2 nitrogen and oxygen atoms in total. The van der Waals surface area contributed by atoms with Crippen molar-refractivity contribution >= 4 is 0 Å². The summed E-state index contributed by atoms with van der Waals surface area (Å²) in [7, 11) is 0. The monoisotopic (exact) mass is 261 g/mol. The number of halogens is 5. The summed E-state index contributed by atoms with van der Waals surface area (Å²) in [5.74, 6) is 3.73. The molecule has 0 radical (unpaired) electrons. The Morgan fingerprint density at radius 1 is 1.00 bits per heavy atom. The van der Waals surface area contributed by atoms with E-state index in [1.54, 1.807) is 0 Å². The molecule has 1 aromatic carbocycles. The molecule has 0 atom stereocenters. The number of rotatable bonds is 2. The van der Waals surface area contributed by atoms with Gasteiger partial charge in [-0.25, -0.2) is 0 Å². The topological polar surface area (TPSA) is 33.0 Å². The minimum Gasteiger partial charge on any atom is -0.426 e. The van der Waals surface area contributed by atoms with E-state index in [1.807, 2.05) is 5.92 Å². The lowest BCUT2D eigenvalue weighted by Gasteiger charge is -2.19. The molecule has 0 aromatic heterocycles. The van der Waals surface area contributed by atoms with Gasteiger partial charge in [-0.05, 0) is 24.3 Å². The van der Waals surface area contributed by atoms with E-state index in [-0.39, 0.29) is 0 Å². The number of benzene rings is 1. The highest BCUT2D eigenvalue weighted by molar-refractivity contribution is 5.40. The molecule has 0 saturated carbocycles. The number of nitrogens with zero attached hydrogens (tertiary/aromatic N) is 1. The van der Waals surface area contributed by atoms with Crippen LogP contribution in [0.3, 0.4) is 0 Å². The Morgan fingerprint density at radius 2 is 1.56 bits per heavy atom. The molecule has 0 spiro atoms. The van der Waals surface area contributed by atoms with E-state index in [0.29, 0.717) is 5.56 Å². The maximum atomic E-state index is 12.5. The molecular formula is C11H4F5NO. The highest BCUT2D eigenvalue weighted by Crippen LogP contribution is 2.37. The molecule has 0 amide bonds. The predicted molar refractivity (Wildman–Crippen MR) is 50.6 cm³/mol. The number of alkyl halides is 5. The van der Waals surface area contributed by atoms with Crippen molar-refractivity contribution in [2.24, 2.45) is 0 Å². The SMILES string of the molecule is N#CC#Cc1ccc(OC(F)(F)C(F)(F)F)cc1. The summed E-state index contributed by atoms with van der Waals surface area (Å²) < 4.78 is 64.1. The summed E-state index contributed by atoms with van der Waals surface area (Å²) >= 11 is 0. The summed E-state index contributed by atoms with van der Waals surface area (Å²) in [4.78, 5) is 0. The fourth-order valence-corrected chi connectivity index (χ4v) is 0.912. The van der Waals surface area contributed by atoms with Crippen molar-refractivity contribution in [3.8, 4) is 23.7 Å². The Bertz CT molecular complexity index is 516. The molecule has 0 saturated heterocycles. The normalized spacial score (nSPS) is 11.1. The highest BCUT2D eigenvalue weighted by Gasteiger charge is 2.61. The molecule has 0 N–H and O–H groups in total. The maximum Gasteiger partial charge on any atom is 0.499 e. The van der Waals surface area contributed by atoms with E-state index in [4.69, 9.17) is 5.26 Å². The summed E-state index contributed by atoms with van der Waals surface area (Å²) in [6.07, 6.45) is -11.0. The molecule has 0 unspecified atom stereocenters. The number of nitriles is 1. The van der Waals surface area contributed by atoms with Gasteiger partial charge < -0.3 is 4.74 Å². The molecule has 0 fully saturated rings. The minimum atomic E-state index is -5.79. The van der Waals surface area contributed by atoms with Crippen LogP contribution in [0.5, 0.6) is 5.75 Å².